The maximum atomic E-state index is 12.3. The van der Waals surface area contributed by atoms with Gasteiger partial charge in [-0.1, -0.05) is 42.5 Å². The summed E-state index contributed by atoms with van der Waals surface area (Å²) in [5.74, 6) is 2.70. The number of benzene rings is 2. The van der Waals surface area contributed by atoms with Crippen molar-refractivity contribution in [3.8, 4) is 5.75 Å². The summed E-state index contributed by atoms with van der Waals surface area (Å²) in [6.45, 7) is 2.49. The van der Waals surface area contributed by atoms with E-state index in [1.54, 1.807) is 0 Å². The van der Waals surface area contributed by atoms with Crippen molar-refractivity contribution in [3.63, 3.8) is 0 Å². The molecular weight excluding hydrogens is 342 g/mol. The highest BCUT2D eigenvalue weighted by Gasteiger charge is 2.19. The number of aryl methyl sites for hydroxylation is 1. The molecule has 4 heteroatoms. The molecule has 0 aliphatic heterocycles. The van der Waals surface area contributed by atoms with Gasteiger partial charge in [0, 0.05) is 18.1 Å². The molecule has 0 bridgehead atoms. The summed E-state index contributed by atoms with van der Waals surface area (Å²) >= 11 is 1.83. The SMILES string of the molecule is CC(Oc1cccc2c1CCCC2)C(=O)NCCSCc1ccccc1. The molecule has 1 unspecified atom stereocenters. The van der Waals surface area contributed by atoms with Crippen LogP contribution in [0.5, 0.6) is 5.75 Å². The molecule has 1 N–H and O–H groups in total. The van der Waals surface area contributed by atoms with Crippen LogP contribution in [0.2, 0.25) is 0 Å². The fourth-order valence-electron chi connectivity index (χ4n) is 3.26. The number of hydrogen-bond acceptors (Lipinski definition) is 3. The number of thioether (sulfide) groups is 1. The number of rotatable bonds is 8. The van der Waals surface area contributed by atoms with Crippen LogP contribution >= 0.6 is 11.8 Å². The first-order valence-electron chi connectivity index (χ1n) is 9.41. The van der Waals surface area contributed by atoms with Gasteiger partial charge in [0.15, 0.2) is 6.10 Å². The Morgan fingerprint density at radius 2 is 1.92 bits per heavy atom. The zero-order valence-corrected chi connectivity index (χ0v) is 16.2. The summed E-state index contributed by atoms with van der Waals surface area (Å²) in [6.07, 6.45) is 4.14. The van der Waals surface area contributed by atoms with Crippen molar-refractivity contribution in [1.29, 1.82) is 0 Å². The number of amides is 1. The van der Waals surface area contributed by atoms with Crippen LogP contribution in [0.3, 0.4) is 0 Å². The van der Waals surface area contributed by atoms with Crippen LogP contribution < -0.4 is 10.1 Å². The Bertz CT molecular complexity index is 717. The summed E-state index contributed by atoms with van der Waals surface area (Å²) in [5.41, 5.74) is 3.98. The van der Waals surface area contributed by atoms with Crippen molar-refractivity contribution in [3.05, 3.63) is 65.2 Å². The van der Waals surface area contributed by atoms with Crippen LogP contribution in [-0.2, 0) is 23.4 Å². The van der Waals surface area contributed by atoms with Gasteiger partial charge in [-0.25, -0.2) is 0 Å². The molecule has 26 heavy (non-hydrogen) atoms. The lowest BCUT2D eigenvalue weighted by Gasteiger charge is -2.22. The molecule has 0 aromatic heterocycles. The van der Waals surface area contributed by atoms with Gasteiger partial charge in [-0.15, -0.1) is 0 Å². The van der Waals surface area contributed by atoms with Gasteiger partial charge in [-0.2, -0.15) is 11.8 Å². The number of fused-ring (bicyclic) bond motifs is 1. The fraction of sp³-hybridized carbons (Fsp3) is 0.409. The molecule has 0 radical (unpaired) electrons. The predicted molar refractivity (Wildman–Crippen MR) is 109 cm³/mol. The molecule has 0 saturated heterocycles. The molecule has 138 valence electrons. The lowest BCUT2D eigenvalue weighted by atomic mass is 9.91. The van der Waals surface area contributed by atoms with Crippen LogP contribution in [-0.4, -0.2) is 24.3 Å². The summed E-state index contributed by atoms with van der Waals surface area (Å²) in [4.78, 5) is 12.3. The lowest BCUT2D eigenvalue weighted by molar-refractivity contribution is -0.127. The average Bonchev–Trinajstić information content (AvgIpc) is 2.68. The molecule has 0 spiro atoms. The number of carbonyl (C=O) groups is 1. The highest BCUT2D eigenvalue weighted by atomic mass is 32.2. The van der Waals surface area contributed by atoms with Crippen molar-refractivity contribution >= 4 is 17.7 Å². The second-order valence-corrected chi connectivity index (χ2v) is 7.80. The minimum Gasteiger partial charge on any atom is -0.481 e. The fourth-order valence-corrected chi connectivity index (χ4v) is 4.07. The first kappa shape index (κ1) is 18.8. The van der Waals surface area contributed by atoms with E-state index < -0.39 is 6.10 Å². The van der Waals surface area contributed by atoms with E-state index in [9.17, 15) is 4.79 Å². The van der Waals surface area contributed by atoms with Gasteiger partial charge >= 0.3 is 0 Å². The average molecular weight is 370 g/mol. The van der Waals surface area contributed by atoms with Gasteiger partial charge in [0.1, 0.15) is 5.75 Å². The van der Waals surface area contributed by atoms with Crippen LogP contribution in [0.1, 0.15) is 36.5 Å². The van der Waals surface area contributed by atoms with Gasteiger partial charge in [0.25, 0.3) is 5.91 Å². The van der Waals surface area contributed by atoms with E-state index >= 15 is 0 Å². The van der Waals surface area contributed by atoms with Crippen molar-refractivity contribution in [2.45, 2.75) is 44.5 Å². The van der Waals surface area contributed by atoms with Gasteiger partial charge in [0.05, 0.1) is 0 Å². The molecule has 2 aromatic carbocycles. The first-order chi connectivity index (χ1) is 12.7. The molecule has 1 aliphatic rings. The van der Waals surface area contributed by atoms with Gasteiger partial charge in [-0.3, -0.25) is 4.79 Å². The smallest absolute Gasteiger partial charge is 0.260 e. The van der Waals surface area contributed by atoms with Crippen LogP contribution in [0, 0.1) is 0 Å². The van der Waals surface area contributed by atoms with Crippen LogP contribution in [0.15, 0.2) is 48.5 Å². The van der Waals surface area contributed by atoms with E-state index in [1.807, 2.05) is 36.9 Å². The first-order valence-corrected chi connectivity index (χ1v) is 10.6. The van der Waals surface area contributed by atoms with E-state index in [0.717, 1.165) is 30.1 Å². The summed E-state index contributed by atoms with van der Waals surface area (Å²) in [6, 6.07) is 16.6. The summed E-state index contributed by atoms with van der Waals surface area (Å²) < 4.78 is 5.98. The summed E-state index contributed by atoms with van der Waals surface area (Å²) in [5, 5.41) is 2.98. The third-order valence-electron chi connectivity index (χ3n) is 4.68. The van der Waals surface area contributed by atoms with Crippen molar-refractivity contribution in [2.24, 2.45) is 0 Å². The molecule has 3 nitrogen and oxygen atoms in total. The standard InChI is InChI=1S/C22H27NO2S/c1-17(25-21-13-7-11-19-10-5-6-12-20(19)21)22(24)23-14-15-26-16-18-8-3-2-4-9-18/h2-4,7-9,11,13,17H,5-6,10,12,14-16H2,1H3,(H,23,24). The number of carbonyl (C=O) groups excluding carboxylic acids is 1. The van der Waals surface area contributed by atoms with E-state index in [4.69, 9.17) is 4.74 Å². The summed E-state index contributed by atoms with van der Waals surface area (Å²) in [7, 11) is 0. The van der Waals surface area contributed by atoms with Gasteiger partial charge in [-0.05, 0) is 55.4 Å². The van der Waals surface area contributed by atoms with Crippen LogP contribution in [0.25, 0.3) is 0 Å². The van der Waals surface area contributed by atoms with E-state index in [1.165, 1.54) is 29.5 Å². The second kappa shape index (κ2) is 9.67. The quantitative estimate of drug-likeness (QED) is 0.702. The highest BCUT2D eigenvalue weighted by molar-refractivity contribution is 7.98. The van der Waals surface area contributed by atoms with E-state index in [-0.39, 0.29) is 5.91 Å². The third-order valence-corrected chi connectivity index (χ3v) is 5.71. The third kappa shape index (κ3) is 5.28. The Hall–Kier alpha value is -1.94. The largest absolute Gasteiger partial charge is 0.481 e. The zero-order valence-electron chi connectivity index (χ0n) is 15.4. The number of ether oxygens (including phenoxy) is 1. The molecule has 0 heterocycles. The minimum atomic E-state index is -0.470. The second-order valence-electron chi connectivity index (χ2n) is 6.69. The van der Waals surface area contributed by atoms with Gasteiger partial charge in [0.2, 0.25) is 0 Å². The normalized spacial score (nSPS) is 14.3. The lowest BCUT2D eigenvalue weighted by Crippen LogP contribution is -2.37. The van der Waals surface area contributed by atoms with Gasteiger partial charge < -0.3 is 10.1 Å². The predicted octanol–water partition coefficient (Wildman–Crippen LogP) is 4.38. The Morgan fingerprint density at radius 1 is 1.12 bits per heavy atom. The van der Waals surface area contributed by atoms with Crippen molar-refractivity contribution in [2.75, 3.05) is 12.3 Å². The Balaban J connectivity index is 1.41. The van der Waals surface area contributed by atoms with Crippen LogP contribution in [0.4, 0.5) is 0 Å². The zero-order chi connectivity index (χ0) is 18.2. The monoisotopic (exact) mass is 369 g/mol. The van der Waals surface area contributed by atoms with Crippen molar-refractivity contribution < 1.29 is 9.53 Å². The maximum absolute atomic E-state index is 12.3. The Morgan fingerprint density at radius 3 is 2.77 bits per heavy atom. The number of nitrogens with one attached hydrogen (secondary N) is 1. The molecule has 3 rings (SSSR count). The molecule has 1 amide bonds. The molecule has 0 saturated carbocycles. The van der Waals surface area contributed by atoms with E-state index in [0.29, 0.717) is 6.54 Å². The maximum Gasteiger partial charge on any atom is 0.260 e. The highest BCUT2D eigenvalue weighted by Crippen LogP contribution is 2.30. The molecule has 1 aliphatic carbocycles. The molecule has 0 fully saturated rings. The molecular formula is C22H27NO2S. The number of hydrogen-bond donors (Lipinski definition) is 1. The molecule has 2 aromatic rings. The Labute approximate surface area is 160 Å². The Kier molecular flexibility index (Phi) is 7.01. The van der Waals surface area contributed by atoms with E-state index in [2.05, 4.69) is 35.6 Å². The minimum absolute atomic E-state index is 0.0428. The molecule has 1 atom stereocenters. The topological polar surface area (TPSA) is 38.3 Å². The van der Waals surface area contributed by atoms with Crippen molar-refractivity contribution in [1.82, 2.24) is 5.32 Å².